The molecule has 1 aliphatic rings. The van der Waals surface area contributed by atoms with E-state index in [0.717, 1.165) is 37.5 Å². The quantitative estimate of drug-likeness (QED) is 0.643. The Labute approximate surface area is 127 Å². The van der Waals surface area contributed by atoms with Gasteiger partial charge in [0.25, 0.3) is 0 Å². The van der Waals surface area contributed by atoms with Gasteiger partial charge in [0.1, 0.15) is 5.82 Å². The van der Waals surface area contributed by atoms with Crippen molar-refractivity contribution >= 4 is 5.96 Å². The van der Waals surface area contributed by atoms with E-state index in [1.165, 1.54) is 6.42 Å². The van der Waals surface area contributed by atoms with E-state index in [1.807, 2.05) is 19.1 Å². The second-order valence-corrected chi connectivity index (χ2v) is 5.69. The van der Waals surface area contributed by atoms with Gasteiger partial charge < -0.3 is 10.2 Å². The summed E-state index contributed by atoms with van der Waals surface area (Å²) in [5.74, 6) is 1.11. The van der Waals surface area contributed by atoms with Gasteiger partial charge in [-0.25, -0.2) is 4.39 Å². The molecule has 1 aromatic carbocycles. The number of hydrogen-bond donors (Lipinski definition) is 1. The summed E-state index contributed by atoms with van der Waals surface area (Å²) in [5, 5.41) is 3.49. The SMILES string of the molecule is CCCCN(C)C(=NCC)NC1CC1c1ccccc1F. The molecule has 1 aliphatic carbocycles. The molecule has 0 heterocycles. The number of unbranched alkanes of at least 4 members (excludes halogenated alkanes) is 1. The molecular weight excluding hydrogens is 265 g/mol. The molecule has 1 fully saturated rings. The fourth-order valence-electron chi connectivity index (χ4n) is 2.57. The minimum atomic E-state index is -0.0971. The van der Waals surface area contributed by atoms with E-state index < -0.39 is 0 Å². The van der Waals surface area contributed by atoms with Crippen LogP contribution in [0.25, 0.3) is 0 Å². The molecule has 0 radical (unpaired) electrons. The average molecular weight is 291 g/mol. The predicted octanol–water partition coefficient (Wildman–Crippen LogP) is 3.38. The average Bonchev–Trinajstić information content (AvgIpc) is 3.24. The molecule has 21 heavy (non-hydrogen) atoms. The number of rotatable bonds is 6. The number of aliphatic imine (C=N–C) groups is 1. The number of halogens is 1. The number of benzene rings is 1. The van der Waals surface area contributed by atoms with Crippen molar-refractivity contribution in [3.8, 4) is 0 Å². The summed E-state index contributed by atoms with van der Waals surface area (Å²) in [7, 11) is 2.07. The van der Waals surface area contributed by atoms with Crippen molar-refractivity contribution in [3.05, 3.63) is 35.6 Å². The molecule has 2 unspecified atom stereocenters. The van der Waals surface area contributed by atoms with Crippen LogP contribution in [0, 0.1) is 5.82 Å². The van der Waals surface area contributed by atoms with Crippen LogP contribution < -0.4 is 5.32 Å². The number of nitrogens with one attached hydrogen (secondary N) is 1. The summed E-state index contributed by atoms with van der Waals surface area (Å²) in [5.41, 5.74) is 0.821. The van der Waals surface area contributed by atoms with Crippen molar-refractivity contribution in [2.45, 2.75) is 45.1 Å². The largest absolute Gasteiger partial charge is 0.353 e. The Kier molecular flexibility index (Phi) is 5.59. The Hall–Kier alpha value is -1.58. The van der Waals surface area contributed by atoms with Gasteiger partial charge in [-0.15, -0.1) is 0 Å². The first-order chi connectivity index (χ1) is 10.2. The van der Waals surface area contributed by atoms with Crippen LogP contribution in [0.15, 0.2) is 29.3 Å². The third-order valence-corrected chi connectivity index (χ3v) is 3.93. The van der Waals surface area contributed by atoms with E-state index in [9.17, 15) is 4.39 Å². The van der Waals surface area contributed by atoms with Gasteiger partial charge in [-0.2, -0.15) is 0 Å². The third-order valence-electron chi connectivity index (χ3n) is 3.93. The number of nitrogens with zero attached hydrogens (tertiary/aromatic N) is 2. The van der Waals surface area contributed by atoms with Crippen LogP contribution in [0.2, 0.25) is 0 Å². The maximum atomic E-state index is 13.8. The standard InChI is InChI=1S/C17H26FN3/c1-4-6-11-21(3)17(19-5-2)20-16-12-14(16)13-9-7-8-10-15(13)18/h7-10,14,16H,4-6,11-12H2,1-3H3,(H,19,20). The number of hydrogen-bond acceptors (Lipinski definition) is 1. The second-order valence-electron chi connectivity index (χ2n) is 5.69. The Morgan fingerprint density at radius 2 is 2.14 bits per heavy atom. The van der Waals surface area contributed by atoms with E-state index in [1.54, 1.807) is 12.1 Å². The topological polar surface area (TPSA) is 27.6 Å². The normalized spacial score (nSPS) is 21.2. The highest BCUT2D eigenvalue weighted by Crippen LogP contribution is 2.41. The van der Waals surface area contributed by atoms with Crippen molar-refractivity contribution in [3.63, 3.8) is 0 Å². The third kappa shape index (κ3) is 4.19. The number of guanidine groups is 1. The highest BCUT2D eigenvalue weighted by Gasteiger charge is 2.40. The molecule has 4 heteroatoms. The van der Waals surface area contributed by atoms with Crippen LogP contribution >= 0.6 is 0 Å². The maximum Gasteiger partial charge on any atom is 0.193 e. The van der Waals surface area contributed by atoms with Crippen LogP contribution in [0.3, 0.4) is 0 Å². The smallest absolute Gasteiger partial charge is 0.193 e. The Morgan fingerprint density at radius 3 is 2.81 bits per heavy atom. The van der Waals surface area contributed by atoms with Crippen LogP contribution in [-0.2, 0) is 0 Å². The molecule has 116 valence electrons. The molecule has 3 nitrogen and oxygen atoms in total. The Bertz CT molecular complexity index is 487. The lowest BCUT2D eigenvalue weighted by Crippen LogP contribution is -2.41. The predicted molar refractivity (Wildman–Crippen MR) is 86.2 cm³/mol. The minimum absolute atomic E-state index is 0.0971. The molecule has 1 N–H and O–H groups in total. The van der Waals surface area contributed by atoms with E-state index in [0.29, 0.717) is 6.04 Å². The summed E-state index contributed by atoms with van der Waals surface area (Å²) in [6.45, 7) is 5.99. The molecule has 1 aromatic rings. The summed E-state index contributed by atoms with van der Waals surface area (Å²) in [6, 6.07) is 7.38. The minimum Gasteiger partial charge on any atom is -0.353 e. The molecule has 1 saturated carbocycles. The van der Waals surface area contributed by atoms with E-state index in [2.05, 4.69) is 29.2 Å². The zero-order chi connectivity index (χ0) is 15.2. The van der Waals surface area contributed by atoms with Crippen molar-refractivity contribution < 1.29 is 4.39 Å². The molecule has 2 rings (SSSR count). The van der Waals surface area contributed by atoms with Crippen LogP contribution in [0.4, 0.5) is 4.39 Å². The van der Waals surface area contributed by atoms with Gasteiger partial charge >= 0.3 is 0 Å². The van der Waals surface area contributed by atoms with E-state index in [-0.39, 0.29) is 11.7 Å². The summed E-state index contributed by atoms with van der Waals surface area (Å²) < 4.78 is 13.8. The van der Waals surface area contributed by atoms with Crippen LogP contribution in [0.1, 0.15) is 44.6 Å². The first-order valence-corrected chi connectivity index (χ1v) is 7.93. The second kappa shape index (κ2) is 7.43. The Balaban J connectivity index is 1.94. The van der Waals surface area contributed by atoms with E-state index in [4.69, 9.17) is 0 Å². The molecule has 0 spiro atoms. The molecule has 0 aliphatic heterocycles. The lowest BCUT2D eigenvalue weighted by Gasteiger charge is -2.22. The first kappa shape index (κ1) is 15.8. The van der Waals surface area contributed by atoms with Crippen molar-refractivity contribution in [1.82, 2.24) is 10.2 Å². The summed E-state index contributed by atoms with van der Waals surface area (Å²) >= 11 is 0. The van der Waals surface area contributed by atoms with Gasteiger partial charge in [0.05, 0.1) is 0 Å². The van der Waals surface area contributed by atoms with Gasteiger partial charge in [0, 0.05) is 32.1 Å². The van der Waals surface area contributed by atoms with Crippen LogP contribution in [0.5, 0.6) is 0 Å². The summed E-state index contributed by atoms with van der Waals surface area (Å²) in [4.78, 5) is 6.72. The Morgan fingerprint density at radius 1 is 1.38 bits per heavy atom. The fourth-order valence-corrected chi connectivity index (χ4v) is 2.57. The highest BCUT2D eigenvalue weighted by molar-refractivity contribution is 5.80. The van der Waals surface area contributed by atoms with Gasteiger partial charge in [-0.05, 0) is 31.4 Å². The molecule has 0 saturated heterocycles. The highest BCUT2D eigenvalue weighted by atomic mass is 19.1. The molecule has 2 atom stereocenters. The van der Waals surface area contributed by atoms with Gasteiger partial charge in [-0.1, -0.05) is 31.5 Å². The maximum absolute atomic E-state index is 13.8. The van der Waals surface area contributed by atoms with Crippen LogP contribution in [-0.4, -0.2) is 37.0 Å². The zero-order valence-corrected chi connectivity index (χ0v) is 13.3. The lowest BCUT2D eigenvalue weighted by atomic mass is 10.1. The van der Waals surface area contributed by atoms with Gasteiger partial charge in [0.2, 0.25) is 0 Å². The van der Waals surface area contributed by atoms with Gasteiger partial charge in [0.15, 0.2) is 5.96 Å². The molecular formula is C17H26FN3. The van der Waals surface area contributed by atoms with Crippen molar-refractivity contribution in [2.24, 2.45) is 4.99 Å². The zero-order valence-electron chi connectivity index (χ0n) is 13.3. The monoisotopic (exact) mass is 291 g/mol. The van der Waals surface area contributed by atoms with Crippen molar-refractivity contribution in [1.29, 1.82) is 0 Å². The fraction of sp³-hybridized carbons (Fsp3) is 0.588. The molecule has 0 aromatic heterocycles. The van der Waals surface area contributed by atoms with Crippen molar-refractivity contribution in [2.75, 3.05) is 20.1 Å². The lowest BCUT2D eigenvalue weighted by molar-refractivity contribution is 0.462. The van der Waals surface area contributed by atoms with E-state index >= 15 is 0 Å². The first-order valence-electron chi connectivity index (χ1n) is 7.93. The van der Waals surface area contributed by atoms with Gasteiger partial charge in [-0.3, -0.25) is 4.99 Å². The summed E-state index contributed by atoms with van der Waals surface area (Å²) in [6.07, 6.45) is 3.30. The molecule has 0 amide bonds. The molecule has 0 bridgehead atoms.